The van der Waals surface area contributed by atoms with Crippen LogP contribution >= 0.6 is 0 Å². The Labute approximate surface area is 291 Å². The number of aromatic nitrogens is 3. The summed E-state index contributed by atoms with van der Waals surface area (Å²) in [7, 11) is -4.27. The van der Waals surface area contributed by atoms with Crippen LogP contribution in [-0.2, 0) is 45.5 Å². The molecule has 0 spiro atoms. The summed E-state index contributed by atoms with van der Waals surface area (Å²) in [5.41, 5.74) is 1.55. The van der Waals surface area contributed by atoms with Gasteiger partial charge in [-0.15, -0.1) is 0 Å². The molecule has 0 unspecified atom stereocenters. The van der Waals surface area contributed by atoms with Crippen LogP contribution < -0.4 is 15.6 Å². The SMILES string of the molecule is CCCCc1nc2ccn(CC(=O)NC(C)(C)C)c(=O)c2n1Cc1ccc(-c2ccccc2S(=O)(=O)NC(=O)CCc2ccccc2)cc1F. The van der Waals surface area contributed by atoms with E-state index in [0.29, 0.717) is 29.7 Å². The standard InChI is InChI=1S/C38H42FN5O5S/c1-5-6-16-33-40-31-21-22-43(25-35(46)41-38(2,3)4)37(47)36(31)44(33)24-28-19-18-27(23-30(28)39)29-14-10-11-15-32(29)50(48,49)42-34(45)20-17-26-12-8-7-9-13-26/h7-15,18-19,21-23H,5-6,16-17,20,24-25H2,1-4H3,(H,41,46)(H,42,45). The summed E-state index contributed by atoms with van der Waals surface area (Å²) in [5, 5.41) is 2.86. The number of unbranched alkanes of at least 4 members (excludes halogenated alkanes) is 1. The number of nitrogens with one attached hydrogen (secondary N) is 2. The molecule has 12 heteroatoms. The van der Waals surface area contributed by atoms with Gasteiger partial charge >= 0.3 is 0 Å². The van der Waals surface area contributed by atoms with Crippen LogP contribution in [0, 0.1) is 5.82 Å². The minimum absolute atomic E-state index is 0.00742. The number of aryl methyl sites for hydroxylation is 2. The molecular weight excluding hydrogens is 658 g/mol. The summed E-state index contributed by atoms with van der Waals surface area (Å²) in [6, 6.07) is 21.5. The largest absolute Gasteiger partial charge is 0.350 e. The molecule has 5 rings (SSSR count). The average molecular weight is 700 g/mol. The van der Waals surface area contributed by atoms with Crippen molar-refractivity contribution >= 4 is 32.9 Å². The van der Waals surface area contributed by atoms with Crippen LogP contribution in [0.15, 0.2) is 94.7 Å². The average Bonchev–Trinajstić information content (AvgIpc) is 3.42. The molecule has 0 atom stereocenters. The lowest BCUT2D eigenvalue weighted by Crippen LogP contribution is -2.43. The van der Waals surface area contributed by atoms with Gasteiger partial charge < -0.3 is 14.5 Å². The summed E-state index contributed by atoms with van der Waals surface area (Å²) in [6.07, 6.45) is 4.16. The lowest BCUT2D eigenvalue weighted by Gasteiger charge is -2.20. The highest BCUT2D eigenvalue weighted by Gasteiger charge is 2.23. The quantitative estimate of drug-likeness (QED) is 0.161. The van der Waals surface area contributed by atoms with Gasteiger partial charge in [0.05, 0.1) is 17.0 Å². The third-order valence-electron chi connectivity index (χ3n) is 8.13. The fourth-order valence-electron chi connectivity index (χ4n) is 5.77. The molecule has 0 bridgehead atoms. The van der Waals surface area contributed by atoms with Crippen LogP contribution in [0.1, 0.15) is 63.9 Å². The van der Waals surface area contributed by atoms with Gasteiger partial charge in [0.1, 0.15) is 23.7 Å². The van der Waals surface area contributed by atoms with E-state index in [0.717, 1.165) is 18.4 Å². The molecule has 2 amide bonds. The van der Waals surface area contributed by atoms with Crippen molar-refractivity contribution in [2.24, 2.45) is 0 Å². The summed E-state index contributed by atoms with van der Waals surface area (Å²) in [5.74, 6) is -0.943. The molecule has 262 valence electrons. The first-order valence-corrected chi connectivity index (χ1v) is 18.1. The molecule has 50 heavy (non-hydrogen) atoms. The molecule has 5 aromatic rings. The van der Waals surface area contributed by atoms with Crippen LogP contribution in [0.5, 0.6) is 0 Å². The van der Waals surface area contributed by atoms with Gasteiger partial charge in [-0.05, 0) is 62.9 Å². The monoisotopic (exact) mass is 699 g/mol. The van der Waals surface area contributed by atoms with Crippen LogP contribution in [-0.4, -0.2) is 39.9 Å². The van der Waals surface area contributed by atoms with Gasteiger partial charge in [-0.1, -0.05) is 74.0 Å². The molecule has 0 aliphatic carbocycles. The Morgan fingerprint density at radius 1 is 0.920 bits per heavy atom. The number of imidazole rings is 1. The maximum atomic E-state index is 15.9. The topological polar surface area (TPSA) is 132 Å². The molecule has 2 heterocycles. The van der Waals surface area contributed by atoms with Crippen LogP contribution in [0.4, 0.5) is 4.39 Å². The minimum Gasteiger partial charge on any atom is -0.350 e. The normalized spacial score (nSPS) is 11.9. The molecule has 2 N–H and O–H groups in total. The number of rotatable bonds is 13. The number of carbonyl (C=O) groups is 2. The van der Waals surface area contributed by atoms with Gasteiger partial charge in [0, 0.05) is 35.7 Å². The molecule has 3 aromatic carbocycles. The van der Waals surface area contributed by atoms with Gasteiger partial charge in [0.2, 0.25) is 11.8 Å². The second kappa shape index (κ2) is 15.2. The van der Waals surface area contributed by atoms with Crippen molar-refractivity contribution in [1.82, 2.24) is 24.2 Å². The Morgan fingerprint density at radius 3 is 2.34 bits per heavy atom. The predicted molar refractivity (Wildman–Crippen MR) is 192 cm³/mol. The number of hydrogen-bond acceptors (Lipinski definition) is 6. The molecule has 0 saturated carbocycles. The fourth-order valence-corrected chi connectivity index (χ4v) is 7.01. The molecule has 0 aliphatic rings. The first-order chi connectivity index (χ1) is 23.8. The maximum Gasteiger partial charge on any atom is 0.277 e. The lowest BCUT2D eigenvalue weighted by atomic mass is 10.0. The number of benzene rings is 3. The van der Waals surface area contributed by atoms with Crippen LogP contribution in [0.25, 0.3) is 22.2 Å². The predicted octanol–water partition coefficient (Wildman–Crippen LogP) is 5.75. The van der Waals surface area contributed by atoms with Gasteiger partial charge in [-0.2, -0.15) is 0 Å². The van der Waals surface area contributed by atoms with Crippen molar-refractivity contribution in [3.63, 3.8) is 0 Å². The zero-order chi connectivity index (χ0) is 36.1. The van der Waals surface area contributed by atoms with E-state index >= 15 is 4.39 Å². The molecule has 0 radical (unpaired) electrons. The molecule has 10 nitrogen and oxygen atoms in total. The third-order valence-corrected chi connectivity index (χ3v) is 9.56. The number of pyridine rings is 1. The van der Waals surface area contributed by atoms with E-state index in [4.69, 9.17) is 4.98 Å². The Kier molecular flexibility index (Phi) is 11.0. The number of amides is 2. The molecule has 0 fully saturated rings. The Morgan fingerprint density at radius 2 is 1.64 bits per heavy atom. The zero-order valence-electron chi connectivity index (χ0n) is 28.7. The van der Waals surface area contributed by atoms with E-state index in [-0.39, 0.29) is 47.0 Å². The first-order valence-electron chi connectivity index (χ1n) is 16.6. The van der Waals surface area contributed by atoms with Gasteiger partial charge in [-0.3, -0.25) is 14.4 Å². The van der Waals surface area contributed by atoms with E-state index in [2.05, 4.69) is 10.0 Å². The van der Waals surface area contributed by atoms with Crippen molar-refractivity contribution in [2.45, 2.75) is 83.3 Å². The Hall–Kier alpha value is -5.10. The zero-order valence-corrected chi connectivity index (χ0v) is 29.5. The first kappa shape index (κ1) is 36.2. The number of hydrogen-bond donors (Lipinski definition) is 2. The summed E-state index contributed by atoms with van der Waals surface area (Å²) >= 11 is 0. The minimum atomic E-state index is -4.27. The highest BCUT2D eigenvalue weighted by molar-refractivity contribution is 7.90. The van der Waals surface area contributed by atoms with Crippen molar-refractivity contribution in [3.8, 4) is 11.1 Å². The number of nitrogens with zero attached hydrogens (tertiary/aromatic N) is 3. The number of sulfonamides is 1. The van der Waals surface area contributed by atoms with E-state index in [9.17, 15) is 22.8 Å². The second-order valence-electron chi connectivity index (χ2n) is 13.3. The van der Waals surface area contributed by atoms with E-state index < -0.39 is 32.8 Å². The summed E-state index contributed by atoms with van der Waals surface area (Å²) < 4.78 is 47.8. The maximum absolute atomic E-state index is 15.9. The summed E-state index contributed by atoms with van der Waals surface area (Å²) in [6.45, 7) is 7.42. The lowest BCUT2D eigenvalue weighted by molar-refractivity contribution is -0.123. The highest BCUT2D eigenvalue weighted by atomic mass is 32.2. The third kappa shape index (κ3) is 8.73. The number of carbonyl (C=O) groups excluding carboxylic acids is 2. The van der Waals surface area contributed by atoms with Gasteiger partial charge in [0.25, 0.3) is 15.6 Å². The van der Waals surface area contributed by atoms with Gasteiger partial charge in [-0.25, -0.2) is 22.5 Å². The fraction of sp³-hybridized carbons (Fsp3) is 0.316. The van der Waals surface area contributed by atoms with Crippen molar-refractivity contribution in [1.29, 1.82) is 0 Å². The Bertz CT molecular complexity index is 2190. The van der Waals surface area contributed by atoms with E-state index in [1.165, 1.54) is 16.7 Å². The molecule has 0 saturated heterocycles. The van der Waals surface area contributed by atoms with Crippen LogP contribution in [0.3, 0.4) is 0 Å². The number of halogens is 1. The Balaban J connectivity index is 1.43. The highest BCUT2D eigenvalue weighted by Crippen LogP contribution is 2.29. The van der Waals surface area contributed by atoms with E-state index in [1.54, 1.807) is 47.2 Å². The molecular formula is C38H42FN5O5S. The summed E-state index contributed by atoms with van der Waals surface area (Å²) in [4.78, 5) is 43.6. The van der Waals surface area contributed by atoms with Gasteiger partial charge in [0.15, 0.2) is 0 Å². The van der Waals surface area contributed by atoms with Crippen molar-refractivity contribution in [3.05, 3.63) is 118 Å². The smallest absolute Gasteiger partial charge is 0.277 e. The van der Waals surface area contributed by atoms with Crippen LogP contribution in [0.2, 0.25) is 0 Å². The molecule has 0 aliphatic heterocycles. The second-order valence-corrected chi connectivity index (χ2v) is 15.0. The number of fused-ring (bicyclic) bond motifs is 1. The van der Waals surface area contributed by atoms with Crippen molar-refractivity contribution < 1.29 is 22.4 Å². The van der Waals surface area contributed by atoms with E-state index in [1.807, 2.05) is 58.0 Å². The van der Waals surface area contributed by atoms with Crippen molar-refractivity contribution in [2.75, 3.05) is 0 Å². The molecule has 2 aromatic heterocycles.